The lowest BCUT2D eigenvalue weighted by Crippen LogP contribution is -2.36. The lowest BCUT2D eigenvalue weighted by atomic mass is 10.2. The summed E-state index contributed by atoms with van der Waals surface area (Å²) in [6, 6.07) is 17.4. The van der Waals surface area contributed by atoms with Crippen LogP contribution < -0.4 is 9.64 Å². The Bertz CT molecular complexity index is 986. The predicted molar refractivity (Wildman–Crippen MR) is 117 cm³/mol. The Hall–Kier alpha value is -2.80. The van der Waals surface area contributed by atoms with Gasteiger partial charge in [0.25, 0.3) is 0 Å². The highest BCUT2D eigenvalue weighted by Gasteiger charge is 2.22. The van der Waals surface area contributed by atoms with Gasteiger partial charge in [-0.1, -0.05) is 46.3 Å². The van der Waals surface area contributed by atoms with E-state index in [-0.39, 0.29) is 6.04 Å². The van der Waals surface area contributed by atoms with Crippen LogP contribution in [-0.2, 0) is 13.2 Å². The smallest absolute Gasteiger partial charge is 0.413 e. The predicted octanol–water partition coefficient (Wildman–Crippen LogP) is 5.47. The minimum atomic E-state index is -1.01. The van der Waals surface area contributed by atoms with Crippen LogP contribution in [0.25, 0.3) is 0 Å². The Balaban J connectivity index is 1.84. The van der Waals surface area contributed by atoms with Crippen LogP contribution >= 0.6 is 15.9 Å². The molecule has 7 heteroatoms. The van der Waals surface area contributed by atoms with Crippen molar-refractivity contribution in [3.05, 3.63) is 75.9 Å². The van der Waals surface area contributed by atoms with Crippen molar-refractivity contribution in [1.29, 1.82) is 0 Å². The number of hydrogen-bond acceptors (Lipinski definition) is 3. The average Bonchev–Trinajstić information content (AvgIpc) is 3.01. The van der Waals surface area contributed by atoms with E-state index in [1.54, 1.807) is 10.7 Å². The maximum absolute atomic E-state index is 11.6. The molecule has 0 aliphatic heterocycles. The molecule has 1 N–H and O–H groups in total. The molecule has 29 heavy (non-hydrogen) atoms. The van der Waals surface area contributed by atoms with Gasteiger partial charge in [-0.05, 0) is 44.5 Å². The highest BCUT2D eigenvalue weighted by Crippen LogP contribution is 2.26. The summed E-state index contributed by atoms with van der Waals surface area (Å²) in [5.74, 6) is 1.19. The molecule has 0 aliphatic carbocycles. The molecule has 0 atom stereocenters. The summed E-state index contributed by atoms with van der Waals surface area (Å²) in [5, 5.41) is 14.0. The number of carboxylic acid groups (broad SMARTS) is 1. The highest BCUT2D eigenvalue weighted by atomic mass is 79.9. The largest absolute Gasteiger partial charge is 0.489 e. The van der Waals surface area contributed by atoms with Gasteiger partial charge in [0, 0.05) is 27.8 Å². The fourth-order valence-corrected chi connectivity index (χ4v) is 3.47. The van der Waals surface area contributed by atoms with Crippen LogP contribution in [-0.4, -0.2) is 27.0 Å². The molecule has 0 bridgehead atoms. The number of ether oxygens (including phenoxy) is 1. The molecule has 0 saturated heterocycles. The van der Waals surface area contributed by atoms with Crippen molar-refractivity contribution in [2.45, 2.75) is 40.0 Å². The van der Waals surface area contributed by atoms with Crippen molar-refractivity contribution in [3.8, 4) is 5.75 Å². The monoisotopic (exact) mass is 457 g/mol. The van der Waals surface area contributed by atoms with Crippen molar-refractivity contribution in [3.63, 3.8) is 0 Å². The molecular formula is C22H24BrN3O3. The highest BCUT2D eigenvalue weighted by molar-refractivity contribution is 9.10. The molecule has 1 aromatic heterocycles. The molecular weight excluding hydrogens is 434 g/mol. The van der Waals surface area contributed by atoms with Gasteiger partial charge in [-0.3, -0.25) is 9.58 Å². The Morgan fingerprint density at radius 3 is 2.59 bits per heavy atom. The van der Waals surface area contributed by atoms with Crippen molar-refractivity contribution in [1.82, 2.24) is 9.78 Å². The summed E-state index contributed by atoms with van der Waals surface area (Å²) >= 11 is 3.52. The second-order valence-electron chi connectivity index (χ2n) is 7.07. The Labute approximate surface area is 178 Å². The van der Waals surface area contributed by atoms with Gasteiger partial charge in [0.15, 0.2) is 5.82 Å². The first-order chi connectivity index (χ1) is 13.8. The maximum Gasteiger partial charge on any atom is 0.413 e. The number of benzene rings is 2. The normalized spacial score (nSPS) is 10.9. The SMILES string of the molecule is Cc1cc(N(C(=O)O)C(C)C)nn1Cc1cc(Br)ccc1OCc1ccccc1. The van der Waals surface area contributed by atoms with Crippen LogP contribution in [0.2, 0.25) is 0 Å². The molecule has 0 spiro atoms. The molecule has 0 fully saturated rings. The van der Waals surface area contributed by atoms with Gasteiger partial charge in [-0.15, -0.1) is 0 Å². The number of aromatic nitrogens is 2. The van der Waals surface area contributed by atoms with E-state index in [1.165, 1.54) is 4.90 Å². The zero-order valence-electron chi connectivity index (χ0n) is 16.7. The first-order valence-corrected chi connectivity index (χ1v) is 10.2. The number of anilines is 1. The van der Waals surface area contributed by atoms with Crippen LogP contribution in [0.4, 0.5) is 10.6 Å². The van der Waals surface area contributed by atoms with E-state index in [0.29, 0.717) is 19.0 Å². The quantitative estimate of drug-likeness (QED) is 0.510. The second kappa shape index (κ2) is 9.13. The molecule has 6 nitrogen and oxygen atoms in total. The third-order valence-corrected chi connectivity index (χ3v) is 5.01. The number of halogens is 1. The molecule has 0 aliphatic rings. The number of carbonyl (C=O) groups is 1. The van der Waals surface area contributed by atoms with Gasteiger partial charge < -0.3 is 9.84 Å². The van der Waals surface area contributed by atoms with Gasteiger partial charge in [0.2, 0.25) is 0 Å². The molecule has 0 saturated carbocycles. The van der Waals surface area contributed by atoms with Crippen molar-refractivity contribution in [2.24, 2.45) is 0 Å². The molecule has 2 aromatic carbocycles. The summed E-state index contributed by atoms with van der Waals surface area (Å²) in [6.07, 6.45) is -1.01. The summed E-state index contributed by atoms with van der Waals surface area (Å²) in [7, 11) is 0. The van der Waals surface area contributed by atoms with Crippen molar-refractivity contribution in [2.75, 3.05) is 4.90 Å². The van der Waals surface area contributed by atoms with E-state index in [2.05, 4.69) is 21.0 Å². The standard InChI is InChI=1S/C22H24BrN3O3/c1-15(2)26(22(27)28)21-11-16(3)25(24-21)13-18-12-19(23)9-10-20(18)29-14-17-7-5-4-6-8-17/h4-12,15H,13-14H2,1-3H3,(H,27,28). The van der Waals surface area contributed by atoms with Crippen LogP contribution in [0, 0.1) is 6.92 Å². The summed E-state index contributed by atoms with van der Waals surface area (Å²) < 4.78 is 8.79. The zero-order valence-corrected chi connectivity index (χ0v) is 18.3. The maximum atomic E-state index is 11.6. The third-order valence-electron chi connectivity index (χ3n) is 4.52. The number of hydrogen-bond donors (Lipinski definition) is 1. The van der Waals surface area contributed by atoms with Gasteiger partial charge >= 0.3 is 6.09 Å². The van der Waals surface area contributed by atoms with Gasteiger partial charge in [-0.25, -0.2) is 4.79 Å². The van der Waals surface area contributed by atoms with Crippen LogP contribution in [0.5, 0.6) is 5.75 Å². The van der Waals surface area contributed by atoms with E-state index in [4.69, 9.17) is 4.74 Å². The lowest BCUT2D eigenvalue weighted by Gasteiger charge is -2.20. The van der Waals surface area contributed by atoms with Crippen LogP contribution in [0.15, 0.2) is 59.1 Å². The van der Waals surface area contributed by atoms with Crippen molar-refractivity contribution < 1.29 is 14.6 Å². The van der Waals surface area contributed by atoms with E-state index >= 15 is 0 Å². The number of nitrogens with zero attached hydrogens (tertiary/aromatic N) is 3. The van der Waals surface area contributed by atoms with E-state index < -0.39 is 6.09 Å². The summed E-state index contributed by atoms with van der Waals surface area (Å²) in [4.78, 5) is 12.9. The number of rotatable bonds is 7. The Morgan fingerprint density at radius 2 is 1.93 bits per heavy atom. The number of amides is 1. The number of aryl methyl sites for hydroxylation is 1. The van der Waals surface area contributed by atoms with Crippen LogP contribution in [0.3, 0.4) is 0 Å². The van der Waals surface area contributed by atoms with Gasteiger partial charge in [0.1, 0.15) is 12.4 Å². The summed E-state index contributed by atoms with van der Waals surface area (Å²) in [5.41, 5.74) is 2.92. The fourth-order valence-electron chi connectivity index (χ4n) is 3.06. The molecule has 0 radical (unpaired) electrons. The minimum Gasteiger partial charge on any atom is -0.489 e. The molecule has 3 aromatic rings. The molecule has 3 rings (SSSR count). The Morgan fingerprint density at radius 1 is 1.21 bits per heavy atom. The molecule has 1 amide bonds. The van der Waals surface area contributed by atoms with Crippen LogP contribution in [0.1, 0.15) is 30.7 Å². The Kier molecular flexibility index (Phi) is 6.59. The second-order valence-corrected chi connectivity index (χ2v) is 7.99. The lowest BCUT2D eigenvalue weighted by molar-refractivity contribution is 0.199. The fraction of sp³-hybridized carbons (Fsp3) is 0.273. The zero-order chi connectivity index (χ0) is 21.0. The van der Waals surface area contributed by atoms with E-state index in [1.807, 2.05) is 69.3 Å². The first kappa shape index (κ1) is 20.9. The minimum absolute atomic E-state index is 0.203. The molecule has 0 unspecified atom stereocenters. The molecule has 1 heterocycles. The molecule has 152 valence electrons. The van der Waals surface area contributed by atoms with Gasteiger partial charge in [-0.2, -0.15) is 5.10 Å². The topological polar surface area (TPSA) is 67.6 Å². The van der Waals surface area contributed by atoms with E-state index in [9.17, 15) is 9.90 Å². The van der Waals surface area contributed by atoms with Crippen molar-refractivity contribution >= 4 is 27.8 Å². The van der Waals surface area contributed by atoms with E-state index in [0.717, 1.165) is 27.0 Å². The average molecular weight is 458 g/mol. The first-order valence-electron chi connectivity index (χ1n) is 9.37. The summed E-state index contributed by atoms with van der Waals surface area (Å²) in [6.45, 7) is 6.51. The van der Waals surface area contributed by atoms with Gasteiger partial charge in [0.05, 0.1) is 6.54 Å². The third kappa shape index (κ3) is 5.17.